The molecular formula is C17H13N3OS. The first-order valence-electron chi connectivity index (χ1n) is 6.66. The minimum absolute atomic E-state index is 0.254. The zero-order valence-corrected chi connectivity index (χ0v) is 12.7. The average molecular weight is 307 g/mol. The number of allylic oxidation sites excluding steroid dienone is 1. The molecule has 0 aliphatic rings. The van der Waals surface area contributed by atoms with Gasteiger partial charge >= 0.3 is 0 Å². The molecule has 0 fully saturated rings. The Morgan fingerprint density at radius 3 is 2.95 bits per heavy atom. The fraction of sp³-hybridized carbons (Fsp3) is 0.0588. The van der Waals surface area contributed by atoms with Crippen molar-refractivity contribution in [3.8, 4) is 17.6 Å². The van der Waals surface area contributed by atoms with Gasteiger partial charge in [0.2, 0.25) is 0 Å². The number of fused-ring (bicyclic) bond motifs is 1. The van der Waals surface area contributed by atoms with Gasteiger partial charge in [0.25, 0.3) is 0 Å². The van der Waals surface area contributed by atoms with Crippen LogP contribution in [0.15, 0.2) is 42.6 Å². The van der Waals surface area contributed by atoms with Crippen LogP contribution in [-0.4, -0.2) is 22.1 Å². The molecule has 4 nitrogen and oxygen atoms in total. The van der Waals surface area contributed by atoms with Gasteiger partial charge in [0.1, 0.15) is 16.6 Å². The van der Waals surface area contributed by atoms with Crippen LogP contribution < -0.4 is 5.32 Å². The second-order valence-electron chi connectivity index (χ2n) is 4.49. The van der Waals surface area contributed by atoms with Crippen molar-refractivity contribution >= 4 is 33.4 Å². The molecule has 0 atom stereocenters. The maximum absolute atomic E-state index is 9.45. The number of hydrogen-bond donors (Lipinski definition) is 2. The Bertz CT molecular complexity index is 886. The first-order chi connectivity index (χ1) is 10.7. The van der Waals surface area contributed by atoms with E-state index in [0.717, 1.165) is 26.6 Å². The first kappa shape index (κ1) is 14.1. The number of rotatable bonds is 2. The van der Waals surface area contributed by atoms with Crippen LogP contribution in [0.1, 0.15) is 10.6 Å². The number of anilines is 1. The number of aromatic nitrogens is 2. The molecular weight excluding hydrogens is 294 g/mol. The lowest BCUT2D eigenvalue weighted by Gasteiger charge is -1.96. The van der Waals surface area contributed by atoms with Crippen molar-refractivity contribution in [3.05, 3.63) is 53.2 Å². The molecule has 2 heterocycles. The van der Waals surface area contributed by atoms with Crippen LogP contribution >= 0.6 is 11.3 Å². The van der Waals surface area contributed by atoms with E-state index in [1.807, 2.05) is 25.3 Å². The molecule has 0 spiro atoms. The van der Waals surface area contributed by atoms with Crippen molar-refractivity contribution in [1.29, 1.82) is 0 Å². The van der Waals surface area contributed by atoms with E-state index >= 15 is 0 Å². The van der Waals surface area contributed by atoms with Gasteiger partial charge in [-0.15, -0.1) is 11.3 Å². The molecule has 0 aliphatic heterocycles. The monoisotopic (exact) mass is 307 g/mol. The van der Waals surface area contributed by atoms with Crippen molar-refractivity contribution in [2.45, 2.75) is 0 Å². The van der Waals surface area contributed by atoms with Crippen LogP contribution in [0.5, 0.6) is 5.75 Å². The highest BCUT2D eigenvalue weighted by atomic mass is 32.1. The van der Waals surface area contributed by atoms with Gasteiger partial charge in [-0.05, 0) is 42.5 Å². The zero-order valence-electron chi connectivity index (χ0n) is 11.9. The summed E-state index contributed by atoms with van der Waals surface area (Å²) >= 11 is 1.52. The van der Waals surface area contributed by atoms with Crippen molar-refractivity contribution < 1.29 is 5.11 Å². The van der Waals surface area contributed by atoms with Gasteiger partial charge in [0.05, 0.1) is 10.2 Å². The maximum Gasteiger partial charge on any atom is 0.125 e. The molecule has 0 saturated heterocycles. The minimum atomic E-state index is 0.254. The van der Waals surface area contributed by atoms with E-state index in [1.54, 1.807) is 30.5 Å². The molecule has 2 aromatic heterocycles. The second-order valence-corrected chi connectivity index (χ2v) is 5.55. The molecule has 5 heteroatoms. The summed E-state index contributed by atoms with van der Waals surface area (Å²) < 4.78 is 0.958. The van der Waals surface area contributed by atoms with Gasteiger partial charge in [-0.25, -0.2) is 9.97 Å². The molecule has 0 amide bonds. The third-order valence-electron chi connectivity index (χ3n) is 2.93. The summed E-state index contributed by atoms with van der Waals surface area (Å²) in [6.07, 6.45) is 5.36. The summed E-state index contributed by atoms with van der Waals surface area (Å²) in [5.74, 6) is 7.06. The van der Waals surface area contributed by atoms with Crippen LogP contribution in [0.25, 0.3) is 16.3 Å². The molecule has 0 radical (unpaired) electrons. The Kier molecular flexibility index (Phi) is 4.03. The summed E-state index contributed by atoms with van der Waals surface area (Å²) in [5.41, 5.74) is 1.74. The highest BCUT2D eigenvalue weighted by Gasteiger charge is 2.01. The summed E-state index contributed by atoms with van der Waals surface area (Å²) in [6.45, 7) is 0. The fourth-order valence-corrected chi connectivity index (χ4v) is 2.76. The SMILES string of the molecule is CNc1ccc(C#C/C=C/c2nc3ccc(O)cc3s2)cn1. The van der Waals surface area contributed by atoms with E-state index in [4.69, 9.17) is 0 Å². The van der Waals surface area contributed by atoms with Crippen molar-refractivity contribution in [3.63, 3.8) is 0 Å². The van der Waals surface area contributed by atoms with Gasteiger partial charge in [-0.1, -0.05) is 11.8 Å². The van der Waals surface area contributed by atoms with Crippen LogP contribution in [-0.2, 0) is 0 Å². The molecule has 22 heavy (non-hydrogen) atoms. The number of benzene rings is 1. The normalized spacial score (nSPS) is 10.6. The lowest BCUT2D eigenvalue weighted by Crippen LogP contribution is -1.90. The molecule has 2 N–H and O–H groups in total. The molecule has 0 unspecified atom stereocenters. The zero-order chi connectivity index (χ0) is 15.4. The standard InChI is InChI=1S/C17H13N3OS/c1-18-16-9-6-12(11-19-16)4-2-3-5-17-20-14-8-7-13(21)10-15(14)22-17/h3,5-11,21H,1H3,(H,18,19)/b5-3+. The lowest BCUT2D eigenvalue weighted by molar-refractivity contribution is 0.476. The fourth-order valence-electron chi connectivity index (χ4n) is 1.86. The Hall–Kier alpha value is -2.84. The van der Waals surface area contributed by atoms with E-state index in [0.29, 0.717) is 0 Å². The third-order valence-corrected chi connectivity index (χ3v) is 3.92. The first-order valence-corrected chi connectivity index (χ1v) is 7.48. The van der Waals surface area contributed by atoms with Gasteiger partial charge in [0, 0.05) is 18.8 Å². The van der Waals surface area contributed by atoms with E-state index in [-0.39, 0.29) is 5.75 Å². The number of nitrogens with zero attached hydrogens (tertiary/aromatic N) is 2. The maximum atomic E-state index is 9.45. The van der Waals surface area contributed by atoms with E-state index in [2.05, 4.69) is 27.1 Å². The molecule has 3 rings (SSSR count). The second kappa shape index (κ2) is 6.29. The smallest absolute Gasteiger partial charge is 0.125 e. The van der Waals surface area contributed by atoms with Crippen LogP contribution in [0.4, 0.5) is 5.82 Å². The predicted octanol–water partition coefficient (Wildman–Crippen LogP) is 3.50. The highest BCUT2D eigenvalue weighted by Crippen LogP contribution is 2.26. The average Bonchev–Trinajstić information content (AvgIpc) is 2.94. The quantitative estimate of drug-likeness (QED) is 0.711. The van der Waals surface area contributed by atoms with Crippen LogP contribution in [0.3, 0.4) is 0 Å². The largest absolute Gasteiger partial charge is 0.508 e. The van der Waals surface area contributed by atoms with E-state index < -0.39 is 0 Å². The number of nitrogens with one attached hydrogen (secondary N) is 1. The Balaban J connectivity index is 1.74. The highest BCUT2D eigenvalue weighted by molar-refractivity contribution is 7.19. The Labute approximate surface area is 132 Å². The number of phenols is 1. The van der Waals surface area contributed by atoms with Crippen molar-refractivity contribution in [2.24, 2.45) is 0 Å². The van der Waals surface area contributed by atoms with Crippen LogP contribution in [0.2, 0.25) is 0 Å². The number of phenolic OH excluding ortho intramolecular Hbond substituents is 1. The van der Waals surface area contributed by atoms with Gasteiger partial charge in [0.15, 0.2) is 0 Å². The third kappa shape index (κ3) is 3.25. The number of thiazole rings is 1. The summed E-state index contributed by atoms with van der Waals surface area (Å²) in [6, 6.07) is 8.95. The van der Waals surface area contributed by atoms with Gasteiger partial charge in [-0.3, -0.25) is 0 Å². The topological polar surface area (TPSA) is 58.0 Å². The number of aromatic hydroxyl groups is 1. The van der Waals surface area contributed by atoms with Crippen molar-refractivity contribution in [1.82, 2.24) is 9.97 Å². The van der Waals surface area contributed by atoms with Crippen molar-refractivity contribution in [2.75, 3.05) is 12.4 Å². The van der Waals surface area contributed by atoms with E-state index in [1.165, 1.54) is 11.3 Å². The molecule has 3 aromatic rings. The summed E-state index contributed by atoms with van der Waals surface area (Å²) in [4.78, 5) is 8.65. The molecule has 1 aromatic carbocycles. The summed E-state index contributed by atoms with van der Waals surface area (Å²) in [7, 11) is 1.83. The Morgan fingerprint density at radius 2 is 2.18 bits per heavy atom. The van der Waals surface area contributed by atoms with Crippen LogP contribution in [0, 0.1) is 11.8 Å². The molecule has 0 aliphatic carbocycles. The van der Waals surface area contributed by atoms with Gasteiger partial charge in [-0.2, -0.15) is 0 Å². The molecule has 0 saturated carbocycles. The van der Waals surface area contributed by atoms with Gasteiger partial charge < -0.3 is 10.4 Å². The lowest BCUT2D eigenvalue weighted by atomic mass is 10.3. The molecule has 108 valence electrons. The number of hydrogen-bond acceptors (Lipinski definition) is 5. The minimum Gasteiger partial charge on any atom is -0.508 e. The summed E-state index contributed by atoms with van der Waals surface area (Å²) in [5, 5.41) is 13.3. The predicted molar refractivity (Wildman–Crippen MR) is 91.0 cm³/mol. The molecule has 0 bridgehead atoms. The Morgan fingerprint density at radius 1 is 1.27 bits per heavy atom. The number of pyridine rings is 1. The van der Waals surface area contributed by atoms with E-state index in [9.17, 15) is 5.11 Å².